The number of anilines is 1. The molecule has 1 aliphatic heterocycles. The summed E-state index contributed by atoms with van der Waals surface area (Å²) in [6.07, 6.45) is 1.76. The monoisotopic (exact) mass is 289 g/mol. The predicted molar refractivity (Wildman–Crippen MR) is 77.8 cm³/mol. The average Bonchev–Trinajstić information content (AvgIpc) is 2.48. The smallest absolute Gasteiger partial charge is 0.223 e. The van der Waals surface area contributed by atoms with Gasteiger partial charge in [0.05, 0.1) is 0 Å². The maximum absolute atomic E-state index is 5.58. The predicted octanol–water partition coefficient (Wildman–Crippen LogP) is 2.83. The molecule has 0 aliphatic carbocycles. The maximum Gasteiger partial charge on any atom is 0.223 e. The van der Waals surface area contributed by atoms with Crippen molar-refractivity contribution in [3.05, 3.63) is 30.5 Å². The van der Waals surface area contributed by atoms with Crippen LogP contribution in [0.1, 0.15) is 6.92 Å². The van der Waals surface area contributed by atoms with E-state index in [0.29, 0.717) is 19.2 Å². The summed E-state index contributed by atoms with van der Waals surface area (Å²) in [7, 11) is 0. The molecule has 1 N–H and O–H groups in total. The van der Waals surface area contributed by atoms with Crippen LogP contribution in [0.25, 0.3) is 0 Å². The first-order valence-corrected chi connectivity index (χ1v) is 7.31. The lowest BCUT2D eigenvalue weighted by Gasteiger charge is -2.18. The quantitative estimate of drug-likeness (QED) is 0.873. The molecule has 0 spiro atoms. The molecule has 0 atom stereocenters. The fraction of sp³-hybridized carbons (Fsp3) is 0.286. The lowest BCUT2D eigenvalue weighted by molar-refractivity contribution is 0.171. The molecule has 104 valence electrons. The van der Waals surface area contributed by atoms with Crippen LogP contribution in [-0.4, -0.2) is 29.7 Å². The van der Waals surface area contributed by atoms with E-state index in [1.54, 1.807) is 18.0 Å². The van der Waals surface area contributed by atoms with Crippen LogP contribution in [0.3, 0.4) is 0 Å². The van der Waals surface area contributed by atoms with Crippen LogP contribution >= 0.6 is 11.8 Å². The highest BCUT2D eigenvalue weighted by Crippen LogP contribution is 2.36. The van der Waals surface area contributed by atoms with Crippen LogP contribution in [0.5, 0.6) is 11.5 Å². The van der Waals surface area contributed by atoms with Crippen molar-refractivity contribution in [1.29, 1.82) is 0 Å². The van der Waals surface area contributed by atoms with Gasteiger partial charge in [-0.05, 0) is 31.2 Å². The molecule has 0 unspecified atom stereocenters. The Morgan fingerprint density at radius 2 is 2.05 bits per heavy atom. The highest BCUT2D eigenvalue weighted by atomic mass is 32.2. The summed E-state index contributed by atoms with van der Waals surface area (Å²) >= 11 is 1.57. The van der Waals surface area contributed by atoms with Crippen LogP contribution < -0.4 is 14.8 Å². The van der Waals surface area contributed by atoms with Gasteiger partial charge in [0, 0.05) is 17.6 Å². The Hall–Kier alpha value is -1.95. The molecule has 0 amide bonds. The molecule has 2 heterocycles. The van der Waals surface area contributed by atoms with Crippen molar-refractivity contribution in [3.63, 3.8) is 0 Å². The Kier molecular flexibility index (Phi) is 3.92. The Morgan fingerprint density at radius 1 is 1.20 bits per heavy atom. The molecule has 6 heteroatoms. The molecule has 0 fully saturated rings. The third-order valence-electron chi connectivity index (χ3n) is 2.70. The molecule has 5 nitrogen and oxygen atoms in total. The highest BCUT2D eigenvalue weighted by molar-refractivity contribution is 7.99. The summed E-state index contributed by atoms with van der Waals surface area (Å²) in [4.78, 5) is 9.66. The minimum atomic E-state index is 0.596. The number of nitrogens with zero attached hydrogens (tertiary/aromatic N) is 2. The first-order valence-electron chi connectivity index (χ1n) is 6.49. The number of nitrogens with one attached hydrogen (secondary N) is 1. The normalized spacial score (nSPS) is 13.1. The van der Waals surface area contributed by atoms with Crippen molar-refractivity contribution >= 4 is 17.7 Å². The number of hydrogen-bond donors (Lipinski definition) is 1. The second-order valence-corrected chi connectivity index (χ2v) is 5.25. The standard InChI is InChI=1S/C14H15N3O2S/c1-2-15-14-16-6-5-13(17-14)20-10-3-4-11-12(9-10)19-8-7-18-11/h3-6,9H,2,7-8H2,1H3,(H,15,16,17). The molecular formula is C14H15N3O2S. The number of ether oxygens (including phenoxy) is 2. The molecule has 2 aromatic rings. The van der Waals surface area contributed by atoms with Crippen LogP contribution in [0, 0.1) is 0 Å². The number of rotatable bonds is 4. The SMILES string of the molecule is CCNc1nccc(Sc2ccc3c(c2)OCCO3)n1. The summed E-state index contributed by atoms with van der Waals surface area (Å²) in [6, 6.07) is 7.81. The van der Waals surface area contributed by atoms with Gasteiger partial charge >= 0.3 is 0 Å². The third-order valence-corrected chi connectivity index (χ3v) is 3.63. The van der Waals surface area contributed by atoms with E-state index in [1.165, 1.54) is 0 Å². The van der Waals surface area contributed by atoms with E-state index in [9.17, 15) is 0 Å². The van der Waals surface area contributed by atoms with E-state index in [0.717, 1.165) is 28.0 Å². The average molecular weight is 289 g/mol. The summed E-state index contributed by atoms with van der Waals surface area (Å²) in [5.41, 5.74) is 0. The van der Waals surface area contributed by atoms with Gasteiger partial charge in [0.2, 0.25) is 5.95 Å². The van der Waals surface area contributed by atoms with Gasteiger partial charge in [-0.25, -0.2) is 9.97 Å². The molecular weight excluding hydrogens is 274 g/mol. The minimum absolute atomic E-state index is 0.596. The lowest BCUT2D eigenvalue weighted by atomic mass is 10.3. The number of fused-ring (bicyclic) bond motifs is 1. The molecule has 1 aliphatic rings. The summed E-state index contributed by atoms with van der Waals surface area (Å²) in [5.74, 6) is 2.24. The molecule has 20 heavy (non-hydrogen) atoms. The summed E-state index contributed by atoms with van der Waals surface area (Å²) in [6.45, 7) is 4.03. The largest absolute Gasteiger partial charge is 0.486 e. The van der Waals surface area contributed by atoms with Gasteiger partial charge in [-0.2, -0.15) is 0 Å². The summed E-state index contributed by atoms with van der Waals surface area (Å²) in [5, 5.41) is 4.00. The van der Waals surface area contributed by atoms with Crippen molar-refractivity contribution in [3.8, 4) is 11.5 Å². The van der Waals surface area contributed by atoms with E-state index in [1.807, 2.05) is 31.2 Å². The van der Waals surface area contributed by atoms with E-state index < -0.39 is 0 Å². The van der Waals surface area contributed by atoms with Gasteiger partial charge in [0.25, 0.3) is 0 Å². The number of benzene rings is 1. The fourth-order valence-corrected chi connectivity index (χ4v) is 2.65. The van der Waals surface area contributed by atoms with Gasteiger partial charge in [0.15, 0.2) is 11.5 Å². The molecule has 0 bridgehead atoms. The van der Waals surface area contributed by atoms with Crippen molar-refractivity contribution in [2.45, 2.75) is 16.8 Å². The van der Waals surface area contributed by atoms with Crippen molar-refractivity contribution < 1.29 is 9.47 Å². The second kappa shape index (κ2) is 6.00. The van der Waals surface area contributed by atoms with Gasteiger partial charge in [-0.3, -0.25) is 0 Å². The van der Waals surface area contributed by atoms with Crippen LogP contribution in [0.15, 0.2) is 40.4 Å². The van der Waals surface area contributed by atoms with Gasteiger partial charge in [-0.1, -0.05) is 11.8 Å². The minimum Gasteiger partial charge on any atom is -0.486 e. The maximum atomic E-state index is 5.58. The van der Waals surface area contributed by atoms with Crippen LogP contribution in [0.2, 0.25) is 0 Å². The zero-order valence-electron chi connectivity index (χ0n) is 11.1. The summed E-state index contributed by atoms with van der Waals surface area (Å²) < 4.78 is 11.1. The molecule has 3 rings (SSSR count). The van der Waals surface area contributed by atoms with E-state index in [-0.39, 0.29) is 0 Å². The molecule has 0 radical (unpaired) electrons. The van der Waals surface area contributed by atoms with Crippen molar-refractivity contribution in [1.82, 2.24) is 9.97 Å². The Morgan fingerprint density at radius 3 is 2.90 bits per heavy atom. The second-order valence-electron chi connectivity index (χ2n) is 4.16. The zero-order chi connectivity index (χ0) is 13.8. The first kappa shape index (κ1) is 13.1. The van der Waals surface area contributed by atoms with Crippen molar-refractivity contribution in [2.24, 2.45) is 0 Å². The molecule has 1 aromatic carbocycles. The molecule has 0 saturated heterocycles. The molecule has 0 saturated carbocycles. The Labute approximate surface area is 121 Å². The van der Waals surface area contributed by atoms with E-state index in [4.69, 9.17) is 9.47 Å². The van der Waals surface area contributed by atoms with Crippen LogP contribution in [0.4, 0.5) is 5.95 Å². The van der Waals surface area contributed by atoms with E-state index in [2.05, 4.69) is 15.3 Å². The van der Waals surface area contributed by atoms with Crippen LogP contribution in [-0.2, 0) is 0 Å². The van der Waals surface area contributed by atoms with E-state index >= 15 is 0 Å². The topological polar surface area (TPSA) is 56.3 Å². The third kappa shape index (κ3) is 2.96. The Balaban J connectivity index is 1.78. The zero-order valence-corrected chi connectivity index (χ0v) is 11.9. The highest BCUT2D eigenvalue weighted by Gasteiger charge is 2.12. The Bertz CT molecular complexity index is 607. The number of aromatic nitrogens is 2. The number of hydrogen-bond acceptors (Lipinski definition) is 6. The van der Waals surface area contributed by atoms with Gasteiger partial charge in [-0.15, -0.1) is 0 Å². The van der Waals surface area contributed by atoms with Crippen molar-refractivity contribution in [2.75, 3.05) is 25.1 Å². The first-order chi connectivity index (χ1) is 9.85. The van der Waals surface area contributed by atoms with Gasteiger partial charge in [0.1, 0.15) is 18.2 Å². The molecule has 1 aromatic heterocycles. The fourth-order valence-electron chi connectivity index (χ4n) is 1.85. The van der Waals surface area contributed by atoms with Gasteiger partial charge < -0.3 is 14.8 Å². The lowest BCUT2D eigenvalue weighted by Crippen LogP contribution is -2.15.